The number of aromatic carboxylic acids is 1. The summed E-state index contributed by atoms with van der Waals surface area (Å²) in [6, 6.07) is 1.14. The lowest BCUT2D eigenvalue weighted by molar-refractivity contribution is 0.0651. The molecule has 2 N–H and O–H groups in total. The van der Waals surface area contributed by atoms with E-state index in [1.165, 1.54) is 12.8 Å². The van der Waals surface area contributed by atoms with Crippen LogP contribution in [-0.4, -0.2) is 28.7 Å². The smallest absolute Gasteiger partial charge is 0.374 e. The van der Waals surface area contributed by atoms with Gasteiger partial charge in [-0.2, -0.15) is 0 Å². The van der Waals surface area contributed by atoms with Crippen LogP contribution in [0.3, 0.4) is 0 Å². The first-order valence-corrected chi connectivity index (χ1v) is 6.54. The van der Waals surface area contributed by atoms with Crippen LogP contribution in [0.2, 0.25) is 0 Å². The molecule has 1 aromatic rings. The highest BCUT2D eigenvalue weighted by atomic mass is 16.5. The molecule has 6 nitrogen and oxygen atoms in total. The third-order valence-corrected chi connectivity index (χ3v) is 3.55. The minimum Gasteiger partial charge on any atom is -0.475 e. The Morgan fingerprint density at radius 3 is 2.95 bits per heavy atom. The predicted octanol–water partition coefficient (Wildman–Crippen LogP) is 1.93. The first-order chi connectivity index (χ1) is 9.06. The number of nitrogens with one attached hydrogen (secondary N) is 1. The monoisotopic (exact) mass is 266 g/mol. The Morgan fingerprint density at radius 2 is 2.32 bits per heavy atom. The van der Waals surface area contributed by atoms with E-state index < -0.39 is 5.97 Å². The maximum atomic E-state index is 11.8. The van der Waals surface area contributed by atoms with Gasteiger partial charge in [0, 0.05) is 12.6 Å². The fraction of sp³-hybridized carbons (Fsp3) is 0.615. The molecule has 0 radical (unpaired) electrons. The van der Waals surface area contributed by atoms with E-state index in [4.69, 9.17) is 5.11 Å². The van der Waals surface area contributed by atoms with Crippen molar-refractivity contribution in [3.8, 4) is 0 Å². The lowest BCUT2D eigenvalue weighted by Crippen LogP contribution is -2.31. The Balaban J connectivity index is 1.85. The number of carboxylic acid groups (broad SMARTS) is 1. The Labute approximate surface area is 111 Å². The maximum Gasteiger partial charge on any atom is 0.374 e. The predicted molar refractivity (Wildman–Crippen MR) is 66.9 cm³/mol. The summed E-state index contributed by atoms with van der Waals surface area (Å²) in [4.78, 5) is 22.4. The van der Waals surface area contributed by atoms with Crippen molar-refractivity contribution in [2.75, 3.05) is 6.54 Å². The fourth-order valence-corrected chi connectivity index (χ4v) is 2.56. The van der Waals surface area contributed by atoms with Crippen LogP contribution in [0.15, 0.2) is 10.6 Å². The Hall–Kier alpha value is -1.85. The van der Waals surface area contributed by atoms with Crippen LogP contribution >= 0.6 is 0 Å². The lowest BCUT2D eigenvalue weighted by atomic mass is 9.82. The number of carbonyl (C=O) groups is 2. The average molecular weight is 266 g/mol. The Morgan fingerprint density at radius 1 is 1.53 bits per heavy atom. The molecule has 0 aromatic carbocycles. The number of hydrogen-bond acceptors (Lipinski definition) is 4. The number of aromatic nitrogens is 1. The summed E-state index contributed by atoms with van der Waals surface area (Å²) in [5, 5.41) is 14.9. The van der Waals surface area contributed by atoms with Gasteiger partial charge in [-0.15, -0.1) is 0 Å². The summed E-state index contributed by atoms with van der Waals surface area (Å²) in [6.45, 7) is 2.84. The molecule has 0 saturated heterocycles. The van der Waals surface area contributed by atoms with Crippen molar-refractivity contribution in [1.82, 2.24) is 10.5 Å². The molecule has 1 aromatic heterocycles. The van der Waals surface area contributed by atoms with Gasteiger partial charge >= 0.3 is 5.97 Å². The standard InChI is InChI=1S/C13H18N2O4/c1-8-3-2-4-9(5-8)7-14-12(16)10-6-11(13(17)18)19-15-10/h6,8-9H,2-5,7H2,1H3,(H,14,16)(H,17,18). The van der Waals surface area contributed by atoms with Gasteiger partial charge in [-0.3, -0.25) is 4.79 Å². The molecule has 6 heteroatoms. The zero-order valence-electron chi connectivity index (χ0n) is 10.9. The van der Waals surface area contributed by atoms with Crippen molar-refractivity contribution in [3.05, 3.63) is 17.5 Å². The molecule has 1 aliphatic rings. The highest BCUT2D eigenvalue weighted by Gasteiger charge is 2.21. The molecule has 2 unspecified atom stereocenters. The Bertz CT molecular complexity index is 469. The highest BCUT2D eigenvalue weighted by Crippen LogP contribution is 2.27. The molecule has 19 heavy (non-hydrogen) atoms. The van der Waals surface area contributed by atoms with E-state index in [-0.39, 0.29) is 17.4 Å². The first-order valence-electron chi connectivity index (χ1n) is 6.54. The number of hydrogen-bond donors (Lipinski definition) is 2. The average Bonchev–Trinajstić information content (AvgIpc) is 2.86. The van der Waals surface area contributed by atoms with Crippen LogP contribution in [0.1, 0.15) is 53.7 Å². The van der Waals surface area contributed by atoms with Crippen molar-refractivity contribution >= 4 is 11.9 Å². The van der Waals surface area contributed by atoms with Gasteiger partial charge in [0.1, 0.15) is 0 Å². The second-order valence-electron chi connectivity index (χ2n) is 5.23. The molecule has 2 rings (SSSR count). The minimum atomic E-state index is -1.23. The minimum absolute atomic E-state index is 0.0151. The zero-order chi connectivity index (χ0) is 13.8. The largest absolute Gasteiger partial charge is 0.475 e. The van der Waals surface area contributed by atoms with Gasteiger partial charge in [0.15, 0.2) is 5.69 Å². The van der Waals surface area contributed by atoms with Crippen molar-refractivity contribution in [2.45, 2.75) is 32.6 Å². The summed E-state index contributed by atoms with van der Waals surface area (Å²) in [5.41, 5.74) is 0.0151. The summed E-state index contributed by atoms with van der Waals surface area (Å²) >= 11 is 0. The number of amides is 1. The lowest BCUT2D eigenvalue weighted by Gasteiger charge is -2.26. The molecule has 0 bridgehead atoms. The van der Waals surface area contributed by atoms with Gasteiger partial charge in [-0.1, -0.05) is 24.9 Å². The van der Waals surface area contributed by atoms with Gasteiger partial charge in [-0.25, -0.2) is 4.79 Å². The number of nitrogens with zero attached hydrogens (tertiary/aromatic N) is 1. The topological polar surface area (TPSA) is 92.4 Å². The van der Waals surface area contributed by atoms with Crippen LogP contribution in [-0.2, 0) is 0 Å². The summed E-state index contributed by atoms with van der Waals surface area (Å²) in [6.07, 6.45) is 4.72. The molecular formula is C13H18N2O4. The molecular weight excluding hydrogens is 248 g/mol. The molecule has 0 spiro atoms. The van der Waals surface area contributed by atoms with E-state index in [0.717, 1.165) is 18.9 Å². The number of rotatable bonds is 4. The van der Waals surface area contributed by atoms with Crippen molar-refractivity contribution in [1.29, 1.82) is 0 Å². The van der Waals surface area contributed by atoms with Gasteiger partial charge in [-0.05, 0) is 24.7 Å². The van der Waals surface area contributed by atoms with E-state index in [2.05, 4.69) is 21.9 Å². The van der Waals surface area contributed by atoms with E-state index in [1.807, 2.05) is 0 Å². The molecule has 104 valence electrons. The maximum absolute atomic E-state index is 11.8. The van der Waals surface area contributed by atoms with Gasteiger partial charge in [0.2, 0.25) is 5.76 Å². The molecule has 1 fully saturated rings. The molecule has 0 aliphatic heterocycles. The summed E-state index contributed by atoms with van der Waals surface area (Å²) in [7, 11) is 0. The molecule has 1 heterocycles. The van der Waals surface area contributed by atoms with Crippen LogP contribution in [0, 0.1) is 11.8 Å². The summed E-state index contributed by atoms with van der Waals surface area (Å²) in [5.74, 6) is -0.724. The quantitative estimate of drug-likeness (QED) is 0.868. The normalized spacial score (nSPS) is 23.0. The van der Waals surface area contributed by atoms with Gasteiger partial charge in [0.25, 0.3) is 5.91 Å². The van der Waals surface area contributed by atoms with Crippen LogP contribution in [0.4, 0.5) is 0 Å². The molecule has 1 amide bonds. The van der Waals surface area contributed by atoms with Crippen LogP contribution in [0.25, 0.3) is 0 Å². The van der Waals surface area contributed by atoms with Crippen LogP contribution < -0.4 is 5.32 Å². The zero-order valence-corrected chi connectivity index (χ0v) is 10.9. The first kappa shape index (κ1) is 13.6. The third kappa shape index (κ3) is 3.56. The van der Waals surface area contributed by atoms with E-state index in [9.17, 15) is 9.59 Å². The van der Waals surface area contributed by atoms with Crippen molar-refractivity contribution in [3.63, 3.8) is 0 Å². The van der Waals surface area contributed by atoms with E-state index in [0.29, 0.717) is 18.4 Å². The second kappa shape index (κ2) is 5.86. The number of carbonyl (C=O) groups excluding carboxylic acids is 1. The SMILES string of the molecule is CC1CCCC(CNC(=O)c2cc(C(=O)O)on2)C1. The van der Waals surface area contributed by atoms with E-state index in [1.54, 1.807) is 0 Å². The second-order valence-corrected chi connectivity index (χ2v) is 5.23. The Kier molecular flexibility index (Phi) is 4.19. The molecule has 1 aliphatic carbocycles. The van der Waals surface area contributed by atoms with Crippen molar-refractivity contribution in [2.24, 2.45) is 11.8 Å². The summed E-state index contributed by atoms with van der Waals surface area (Å²) < 4.78 is 4.55. The van der Waals surface area contributed by atoms with Gasteiger partial charge < -0.3 is 14.9 Å². The third-order valence-electron chi connectivity index (χ3n) is 3.55. The van der Waals surface area contributed by atoms with E-state index >= 15 is 0 Å². The fourth-order valence-electron chi connectivity index (χ4n) is 2.56. The molecule has 2 atom stereocenters. The molecule has 1 saturated carbocycles. The van der Waals surface area contributed by atoms with Crippen molar-refractivity contribution < 1.29 is 19.2 Å². The highest BCUT2D eigenvalue weighted by molar-refractivity contribution is 5.94. The number of carboxylic acids is 1. The van der Waals surface area contributed by atoms with Crippen LogP contribution in [0.5, 0.6) is 0 Å². The van der Waals surface area contributed by atoms with Gasteiger partial charge in [0.05, 0.1) is 0 Å².